The number of rotatable bonds is 4. The van der Waals surface area contributed by atoms with Crippen molar-refractivity contribution in [3.63, 3.8) is 0 Å². The van der Waals surface area contributed by atoms with E-state index in [1.54, 1.807) is 6.92 Å². The van der Waals surface area contributed by atoms with Crippen molar-refractivity contribution in [2.75, 3.05) is 32.7 Å². The zero-order valence-electron chi connectivity index (χ0n) is 13.1. The van der Waals surface area contributed by atoms with E-state index >= 15 is 0 Å². The molecule has 1 atom stereocenters. The number of nitrogens with one attached hydrogen (secondary N) is 3. The number of nitrogens with zero attached hydrogens (tertiary/aromatic N) is 1. The largest absolute Gasteiger partial charge is 0.405 e. The summed E-state index contributed by atoms with van der Waals surface area (Å²) < 4.78 is 39.6. The summed E-state index contributed by atoms with van der Waals surface area (Å²) in [5.41, 5.74) is -0.245. The van der Waals surface area contributed by atoms with Crippen LogP contribution in [0.3, 0.4) is 0 Å². The molecule has 1 amide bonds. The quantitative estimate of drug-likeness (QED) is 0.730. The van der Waals surface area contributed by atoms with Crippen molar-refractivity contribution in [2.45, 2.75) is 19.1 Å². The summed E-state index contributed by atoms with van der Waals surface area (Å²) in [6.07, 6.45) is -4.45. The molecule has 0 saturated carbocycles. The highest BCUT2D eigenvalue weighted by molar-refractivity contribution is 5.93. The van der Waals surface area contributed by atoms with Crippen molar-refractivity contribution in [2.24, 2.45) is 0 Å². The highest BCUT2D eigenvalue weighted by atomic mass is 35.5. The maximum atomic E-state index is 13.2. The van der Waals surface area contributed by atoms with E-state index in [1.807, 2.05) is 0 Å². The van der Waals surface area contributed by atoms with E-state index in [2.05, 4.69) is 15.6 Å². The molecule has 24 heavy (non-hydrogen) atoms. The molecule has 0 aliphatic carbocycles. The van der Waals surface area contributed by atoms with Crippen LogP contribution in [0.25, 0.3) is 0 Å². The lowest BCUT2D eigenvalue weighted by Gasteiger charge is -2.35. The first-order chi connectivity index (χ1) is 10.8. The van der Waals surface area contributed by atoms with Gasteiger partial charge in [0.15, 0.2) is 0 Å². The summed E-state index contributed by atoms with van der Waals surface area (Å²) in [7, 11) is 0. The summed E-state index contributed by atoms with van der Waals surface area (Å²) in [5.74, 6) is -0.810. The van der Waals surface area contributed by atoms with Crippen molar-refractivity contribution >= 4 is 18.3 Å². The number of piperazine rings is 1. The Bertz CT molecular complexity index is 615. The van der Waals surface area contributed by atoms with E-state index in [1.165, 1.54) is 17.0 Å². The summed E-state index contributed by atoms with van der Waals surface area (Å²) in [5, 5.41) is 5.20. The van der Waals surface area contributed by atoms with E-state index in [9.17, 15) is 22.8 Å². The van der Waals surface area contributed by atoms with Crippen molar-refractivity contribution in [1.82, 2.24) is 20.5 Å². The highest BCUT2D eigenvalue weighted by Gasteiger charge is 2.43. The second-order valence-corrected chi connectivity index (χ2v) is 5.44. The third-order valence-electron chi connectivity index (χ3n) is 3.73. The number of aromatic nitrogens is 1. The molecule has 0 bridgehead atoms. The molecule has 0 radical (unpaired) electrons. The van der Waals surface area contributed by atoms with Gasteiger partial charge in [0, 0.05) is 38.4 Å². The Labute approximate surface area is 143 Å². The number of H-pyrrole nitrogens is 1. The van der Waals surface area contributed by atoms with Crippen molar-refractivity contribution in [1.29, 1.82) is 0 Å². The molecule has 2 heterocycles. The van der Waals surface area contributed by atoms with Gasteiger partial charge in [-0.2, -0.15) is 13.2 Å². The maximum Gasteiger partial charge on any atom is 0.405 e. The lowest BCUT2D eigenvalue weighted by molar-refractivity contribution is -0.183. The number of carbonyl (C=O) groups is 1. The van der Waals surface area contributed by atoms with Gasteiger partial charge in [-0.1, -0.05) is 0 Å². The molecule has 1 saturated heterocycles. The van der Waals surface area contributed by atoms with Gasteiger partial charge in [0.2, 0.25) is 0 Å². The van der Waals surface area contributed by atoms with Gasteiger partial charge >= 0.3 is 6.18 Å². The van der Waals surface area contributed by atoms with Crippen molar-refractivity contribution in [3.05, 3.63) is 33.7 Å². The minimum absolute atomic E-state index is 0. The molecule has 136 valence electrons. The topological polar surface area (TPSA) is 77.2 Å². The molecule has 6 nitrogen and oxygen atoms in total. The van der Waals surface area contributed by atoms with Crippen molar-refractivity contribution in [3.8, 4) is 0 Å². The van der Waals surface area contributed by atoms with Gasteiger partial charge in [0.1, 0.15) is 11.6 Å². The molecule has 1 unspecified atom stereocenters. The first-order valence-electron chi connectivity index (χ1n) is 7.28. The van der Waals surface area contributed by atoms with E-state index in [0.717, 1.165) is 0 Å². The minimum atomic E-state index is -4.45. The molecular weight excluding hydrogens is 349 g/mol. The third-order valence-corrected chi connectivity index (χ3v) is 3.73. The zero-order valence-corrected chi connectivity index (χ0v) is 13.9. The zero-order chi connectivity index (χ0) is 17.0. The molecule has 1 aliphatic heterocycles. The van der Waals surface area contributed by atoms with E-state index in [-0.39, 0.29) is 31.1 Å². The molecule has 0 aromatic carbocycles. The van der Waals surface area contributed by atoms with Crippen LogP contribution in [0.1, 0.15) is 16.1 Å². The molecule has 2 rings (SSSR count). The van der Waals surface area contributed by atoms with E-state index < -0.39 is 30.2 Å². The highest BCUT2D eigenvalue weighted by Crippen LogP contribution is 2.24. The number of hydrogen-bond donors (Lipinski definition) is 3. The van der Waals surface area contributed by atoms with Gasteiger partial charge in [-0.05, 0) is 19.1 Å². The van der Waals surface area contributed by atoms with Crippen LogP contribution in [0.2, 0.25) is 0 Å². The van der Waals surface area contributed by atoms with E-state index in [4.69, 9.17) is 0 Å². The number of pyridine rings is 1. The average molecular weight is 369 g/mol. The van der Waals surface area contributed by atoms with E-state index in [0.29, 0.717) is 18.8 Å². The lowest BCUT2D eigenvalue weighted by atomic mass is 10.2. The molecular formula is C14H20ClF3N4O2. The molecule has 0 spiro atoms. The normalized spacial score (nSPS) is 17.0. The van der Waals surface area contributed by atoms with Gasteiger partial charge < -0.3 is 15.6 Å². The van der Waals surface area contributed by atoms with Crippen LogP contribution in [0.15, 0.2) is 16.9 Å². The smallest absolute Gasteiger partial charge is 0.350 e. The van der Waals surface area contributed by atoms with Crippen LogP contribution in [0.4, 0.5) is 13.2 Å². The van der Waals surface area contributed by atoms with Gasteiger partial charge in [-0.15, -0.1) is 12.4 Å². The monoisotopic (exact) mass is 368 g/mol. The molecule has 10 heteroatoms. The van der Waals surface area contributed by atoms with Crippen LogP contribution >= 0.6 is 12.4 Å². The first-order valence-corrected chi connectivity index (χ1v) is 7.28. The Morgan fingerprint density at radius 3 is 2.50 bits per heavy atom. The SMILES string of the molecule is Cc1ccc(C(=O)NCC(N2CCNCC2)C(F)(F)F)c(=O)[nH]1.Cl. The van der Waals surface area contributed by atoms with Gasteiger partial charge in [-0.3, -0.25) is 14.5 Å². The second kappa shape index (κ2) is 8.50. The summed E-state index contributed by atoms with van der Waals surface area (Å²) in [4.78, 5) is 27.4. The van der Waals surface area contributed by atoms with Gasteiger partial charge in [0.25, 0.3) is 11.5 Å². The lowest BCUT2D eigenvalue weighted by Crippen LogP contribution is -2.57. The Hall–Kier alpha value is -1.58. The fraction of sp³-hybridized carbons (Fsp3) is 0.571. The summed E-state index contributed by atoms with van der Waals surface area (Å²) >= 11 is 0. The second-order valence-electron chi connectivity index (χ2n) is 5.44. The van der Waals surface area contributed by atoms with Crippen LogP contribution in [0, 0.1) is 6.92 Å². The first kappa shape index (κ1) is 20.5. The van der Waals surface area contributed by atoms with Crippen LogP contribution in [0.5, 0.6) is 0 Å². The fourth-order valence-electron chi connectivity index (χ4n) is 2.48. The Morgan fingerprint density at radius 2 is 1.96 bits per heavy atom. The molecule has 1 fully saturated rings. The molecule has 1 aliphatic rings. The number of aromatic amines is 1. The number of alkyl halides is 3. The number of amides is 1. The van der Waals surface area contributed by atoms with Crippen LogP contribution < -0.4 is 16.2 Å². The van der Waals surface area contributed by atoms with Crippen molar-refractivity contribution < 1.29 is 18.0 Å². The van der Waals surface area contributed by atoms with Crippen LogP contribution in [-0.2, 0) is 0 Å². The summed E-state index contributed by atoms with van der Waals surface area (Å²) in [6, 6.07) is 1.06. The number of hydrogen-bond acceptors (Lipinski definition) is 4. The Kier molecular flexibility index (Phi) is 7.25. The Balaban J connectivity index is 0.00000288. The molecule has 3 N–H and O–H groups in total. The molecule has 1 aromatic rings. The third kappa shape index (κ3) is 5.22. The molecule has 1 aromatic heterocycles. The fourth-order valence-corrected chi connectivity index (χ4v) is 2.48. The maximum absolute atomic E-state index is 13.2. The average Bonchev–Trinajstić information content (AvgIpc) is 2.47. The predicted molar refractivity (Wildman–Crippen MR) is 85.7 cm³/mol. The van der Waals surface area contributed by atoms with Crippen LogP contribution in [-0.4, -0.2) is 60.7 Å². The number of carbonyl (C=O) groups excluding carboxylic acids is 1. The number of halogens is 4. The standard InChI is InChI=1S/C14H19F3N4O2.ClH/c1-9-2-3-10(13(23)20-9)12(22)19-8-11(14(15,16)17)21-6-4-18-5-7-21;/h2-3,11,18H,4-8H2,1H3,(H,19,22)(H,20,23);1H. The van der Waals surface area contributed by atoms with Gasteiger partial charge in [0.05, 0.1) is 0 Å². The minimum Gasteiger partial charge on any atom is -0.350 e. The predicted octanol–water partition coefficient (Wildman–Crippen LogP) is 0.671. The van der Waals surface area contributed by atoms with Gasteiger partial charge in [-0.25, -0.2) is 0 Å². The number of aryl methyl sites for hydroxylation is 1. The Morgan fingerprint density at radius 1 is 1.33 bits per heavy atom. The summed E-state index contributed by atoms with van der Waals surface area (Å²) in [6.45, 7) is 2.51.